The van der Waals surface area contributed by atoms with Crippen LogP contribution in [0.25, 0.3) is 22.6 Å². The minimum Gasteiger partial charge on any atom is -0.497 e. The molecule has 0 aliphatic carbocycles. The Bertz CT molecular complexity index is 1160. The maximum Gasteiger partial charge on any atom is 0.276 e. The first kappa shape index (κ1) is 21.4. The molecule has 30 heavy (non-hydrogen) atoms. The highest BCUT2D eigenvalue weighted by Crippen LogP contribution is 2.29. The van der Waals surface area contributed by atoms with Gasteiger partial charge in [0.2, 0.25) is 0 Å². The lowest BCUT2D eigenvalue weighted by Gasteiger charge is -2.04. The molecule has 0 atom stereocenters. The molecule has 4 N–H and O–H groups in total. The summed E-state index contributed by atoms with van der Waals surface area (Å²) < 4.78 is 5.23. The van der Waals surface area contributed by atoms with Gasteiger partial charge in [-0.1, -0.05) is 0 Å². The number of aromatic nitrogens is 3. The van der Waals surface area contributed by atoms with Gasteiger partial charge < -0.3 is 15.5 Å². The Morgan fingerprint density at radius 2 is 1.90 bits per heavy atom. The zero-order valence-corrected chi connectivity index (χ0v) is 17.9. The van der Waals surface area contributed by atoms with Crippen molar-refractivity contribution in [3.05, 3.63) is 65.3 Å². The zero-order valence-electron chi connectivity index (χ0n) is 16.3. The number of nitrogens with two attached hydrogens (primary N) is 1. The molecule has 0 spiro atoms. The lowest BCUT2D eigenvalue weighted by atomic mass is 10.1. The SMILES string of the molecule is COc1ccc(-c2nc(-c3ccc(N)c(C)c3)[nH]c2C(=O)Nc2nccs2)cc1.Cl. The lowest BCUT2D eigenvalue weighted by molar-refractivity contribution is 0.102. The van der Waals surface area contributed by atoms with E-state index in [4.69, 9.17) is 15.5 Å². The van der Waals surface area contributed by atoms with Crippen molar-refractivity contribution in [2.24, 2.45) is 0 Å². The number of thiazole rings is 1. The van der Waals surface area contributed by atoms with E-state index in [-0.39, 0.29) is 18.3 Å². The van der Waals surface area contributed by atoms with E-state index in [0.29, 0.717) is 28.0 Å². The van der Waals surface area contributed by atoms with Crippen molar-refractivity contribution >= 4 is 40.5 Å². The van der Waals surface area contributed by atoms with Crippen molar-refractivity contribution in [2.75, 3.05) is 18.2 Å². The first-order chi connectivity index (χ1) is 14.0. The first-order valence-corrected chi connectivity index (χ1v) is 9.75. The number of nitrogens with one attached hydrogen (secondary N) is 2. The van der Waals surface area contributed by atoms with E-state index < -0.39 is 0 Å². The summed E-state index contributed by atoms with van der Waals surface area (Å²) >= 11 is 1.35. The number of rotatable bonds is 5. The molecule has 0 aliphatic heterocycles. The van der Waals surface area contributed by atoms with Crippen LogP contribution in [0.4, 0.5) is 10.8 Å². The van der Waals surface area contributed by atoms with Crippen molar-refractivity contribution in [1.29, 1.82) is 0 Å². The molecule has 4 rings (SSSR count). The summed E-state index contributed by atoms with van der Waals surface area (Å²) in [6.45, 7) is 1.93. The van der Waals surface area contributed by atoms with E-state index in [1.54, 1.807) is 18.7 Å². The molecular formula is C21H20ClN5O2S. The number of aromatic amines is 1. The van der Waals surface area contributed by atoms with E-state index in [1.807, 2.05) is 49.4 Å². The van der Waals surface area contributed by atoms with E-state index in [9.17, 15) is 4.79 Å². The number of carbonyl (C=O) groups excluding carboxylic acids is 1. The highest BCUT2D eigenvalue weighted by Gasteiger charge is 2.20. The van der Waals surface area contributed by atoms with Crippen molar-refractivity contribution in [2.45, 2.75) is 6.92 Å². The first-order valence-electron chi connectivity index (χ1n) is 8.87. The van der Waals surface area contributed by atoms with Gasteiger partial charge in [-0.2, -0.15) is 0 Å². The maximum absolute atomic E-state index is 12.9. The molecule has 0 radical (unpaired) electrons. The molecule has 0 fully saturated rings. The molecular weight excluding hydrogens is 422 g/mol. The van der Waals surface area contributed by atoms with Gasteiger partial charge in [0.1, 0.15) is 23.0 Å². The third-order valence-electron chi connectivity index (χ3n) is 4.49. The summed E-state index contributed by atoms with van der Waals surface area (Å²) in [4.78, 5) is 24.9. The van der Waals surface area contributed by atoms with E-state index in [2.05, 4.69) is 15.3 Å². The third-order valence-corrected chi connectivity index (χ3v) is 5.18. The van der Waals surface area contributed by atoms with Crippen LogP contribution in [-0.4, -0.2) is 28.0 Å². The van der Waals surface area contributed by atoms with Gasteiger partial charge in [-0.25, -0.2) is 9.97 Å². The molecule has 0 aliphatic rings. The normalized spacial score (nSPS) is 10.3. The Morgan fingerprint density at radius 1 is 1.17 bits per heavy atom. The number of nitrogen functional groups attached to an aromatic ring is 1. The number of methoxy groups -OCH3 is 1. The summed E-state index contributed by atoms with van der Waals surface area (Å²) in [5, 5.41) is 5.13. The molecule has 1 amide bonds. The second-order valence-corrected chi connectivity index (χ2v) is 7.29. The standard InChI is InChI=1S/C21H19N5O2S.ClH/c1-12-11-14(5-8-16(12)22)19-24-17(13-3-6-15(28-2)7-4-13)18(25-19)20(27)26-21-23-9-10-29-21;/h3-11H,22H2,1-2H3,(H,24,25)(H,23,26,27);1H. The number of benzene rings is 2. The number of amides is 1. The van der Waals surface area contributed by atoms with Crippen molar-refractivity contribution in [3.63, 3.8) is 0 Å². The van der Waals surface area contributed by atoms with Crippen molar-refractivity contribution < 1.29 is 9.53 Å². The summed E-state index contributed by atoms with van der Waals surface area (Å²) in [5.74, 6) is 1.01. The van der Waals surface area contributed by atoms with Gasteiger partial charge in [-0.3, -0.25) is 10.1 Å². The zero-order chi connectivity index (χ0) is 20.4. The Morgan fingerprint density at radius 3 is 2.53 bits per heavy atom. The minimum atomic E-state index is -0.309. The number of nitrogens with zero attached hydrogens (tertiary/aromatic N) is 2. The predicted octanol–water partition coefficient (Wildman–Crippen LogP) is 4.77. The molecule has 7 nitrogen and oxygen atoms in total. The number of imidazole rings is 1. The molecule has 0 saturated heterocycles. The molecule has 0 unspecified atom stereocenters. The van der Waals surface area contributed by atoms with Gasteiger partial charge in [-0.15, -0.1) is 23.7 Å². The Labute approximate surface area is 183 Å². The van der Waals surface area contributed by atoms with Crippen LogP contribution in [0, 0.1) is 6.92 Å². The number of ether oxygens (including phenoxy) is 1. The van der Waals surface area contributed by atoms with Crippen LogP contribution in [0.3, 0.4) is 0 Å². The van der Waals surface area contributed by atoms with E-state index in [1.165, 1.54) is 11.3 Å². The van der Waals surface area contributed by atoms with E-state index >= 15 is 0 Å². The van der Waals surface area contributed by atoms with Gasteiger partial charge >= 0.3 is 0 Å². The average molecular weight is 442 g/mol. The number of anilines is 2. The number of aryl methyl sites for hydroxylation is 1. The summed E-state index contributed by atoms with van der Waals surface area (Å²) in [6.07, 6.45) is 1.64. The summed E-state index contributed by atoms with van der Waals surface area (Å²) in [7, 11) is 1.61. The van der Waals surface area contributed by atoms with Crippen LogP contribution in [0.1, 0.15) is 16.1 Å². The number of carbonyl (C=O) groups is 1. The Balaban J connectivity index is 0.00000256. The van der Waals surface area contributed by atoms with Gasteiger partial charge in [0, 0.05) is 28.4 Å². The van der Waals surface area contributed by atoms with Gasteiger partial charge in [-0.05, 0) is 55.0 Å². The van der Waals surface area contributed by atoms with Crippen LogP contribution in [-0.2, 0) is 0 Å². The van der Waals surface area contributed by atoms with Crippen molar-refractivity contribution in [1.82, 2.24) is 15.0 Å². The topological polar surface area (TPSA) is 106 Å². The molecule has 0 saturated carbocycles. The molecule has 154 valence electrons. The molecule has 9 heteroatoms. The van der Waals surface area contributed by atoms with Crippen LogP contribution >= 0.6 is 23.7 Å². The van der Waals surface area contributed by atoms with Gasteiger partial charge in [0.05, 0.1) is 7.11 Å². The van der Waals surface area contributed by atoms with Crippen molar-refractivity contribution in [3.8, 4) is 28.4 Å². The van der Waals surface area contributed by atoms with Crippen LogP contribution in [0.2, 0.25) is 0 Å². The fourth-order valence-corrected chi connectivity index (χ4v) is 3.42. The fraction of sp³-hybridized carbons (Fsp3) is 0.0952. The minimum absolute atomic E-state index is 0. The second kappa shape index (κ2) is 8.98. The highest BCUT2D eigenvalue weighted by molar-refractivity contribution is 7.13. The summed E-state index contributed by atoms with van der Waals surface area (Å²) in [6, 6.07) is 13.0. The average Bonchev–Trinajstić information content (AvgIpc) is 3.40. The van der Waals surface area contributed by atoms with E-state index in [0.717, 1.165) is 22.4 Å². The largest absolute Gasteiger partial charge is 0.497 e. The molecule has 2 heterocycles. The number of hydrogen-bond donors (Lipinski definition) is 3. The molecule has 0 bridgehead atoms. The monoisotopic (exact) mass is 441 g/mol. The highest BCUT2D eigenvalue weighted by atomic mass is 35.5. The number of hydrogen-bond acceptors (Lipinski definition) is 6. The Hall–Kier alpha value is -3.36. The van der Waals surface area contributed by atoms with Crippen LogP contribution in [0.5, 0.6) is 5.75 Å². The van der Waals surface area contributed by atoms with Gasteiger partial charge in [0.25, 0.3) is 5.91 Å². The molecule has 4 aromatic rings. The van der Waals surface area contributed by atoms with Crippen LogP contribution in [0.15, 0.2) is 54.0 Å². The smallest absolute Gasteiger partial charge is 0.276 e. The Kier molecular flexibility index (Phi) is 6.39. The molecule has 2 aromatic carbocycles. The number of H-pyrrole nitrogens is 1. The molecule has 2 aromatic heterocycles. The predicted molar refractivity (Wildman–Crippen MR) is 122 cm³/mol. The lowest BCUT2D eigenvalue weighted by Crippen LogP contribution is -2.13. The third kappa shape index (κ3) is 4.29. The second-order valence-electron chi connectivity index (χ2n) is 6.40. The number of halogens is 1. The fourth-order valence-electron chi connectivity index (χ4n) is 2.90. The quantitative estimate of drug-likeness (QED) is 0.386. The summed E-state index contributed by atoms with van der Waals surface area (Å²) in [5.41, 5.74) is 10.1. The van der Waals surface area contributed by atoms with Gasteiger partial charge in [0.15, 0.2) is 5.13 Å². The van der Waals surface area contributed by atoms with Crippen LogP contribution < -0.4 is 15.8 Å². The maximum atomic E-state index is 12.9.